The van der Waals surface area contributed by atoms with Crippen LogP contribution < -0.4 is 0 Å². The van der Waals surface area contributed by atoms with E-state index in [1.54, 1.807) is 0 Å². The molecule has 1 N–H and O–H groups in total. The van der Waals surface area contributed by atoms with Crippen molar-refractivity contribution in [3.05, 3.63) is 0 Å². The number of nitrogens with zero attached hydrogens (tertiary/aromatic N) is 2. The van der Waals surface area contributed by atoms with E-state index in [-0.39, 0.29) is 6.10 Å². The van der Waals surface area contributed by atoms with Gasteiger partial charge in [-0.25, -0.2) is 0 Å². The molecule has 1 aliphatic heterocycles. The van der Waals surface area contributed by atoms with Gasteiger partial charge in [0, 0.05) is 26.2 Å². The standard InChI is InChI=1S/C11H24N2O2/c1-10(14)4-5-12(2)8-11-9-13(3)6-7-15-11/h10-11,14H,4-9H2,1-3H3. The van der Waals surface area contributed by atoms with Gasteiger partial charge >= 0.3 is 0 Å². The van der Waals surface area contributed by atoms with Gasteiger partial charge in [0.2, 0.25) is 0 Å². The molecule has 0 spiro atoms. The first kappa shape index (κ1) is 12.9. The first-order valence-corrected chi connectivity index (χ1v) is 5.74. The third-order valence-corrected chi connectivity index (χ3v) is 2.79. The highest BCUT2D eigenvalue weighted by molar-refractivity contribution is 4.72. The van der Waals surface area contributed by atoms with Crippen LogP contribution in [0.3, 0.4) is 0 Å². The van der Waals surface area contributed by atoms with Crippen LogP contribution in [0, 0.1) is 0 Å². The van der Waals surface area contributed by atoms with Crippen molar-refractivity contribution in [2.45, 2.75) is 25.6 Å². The van der Waals surface area contributed by atoms with Crippen LogP contribution in [0.5, 0.6) is 0 Å². The average Bonchev–Trinajstić information content (AvgIpc) is 2.15. The molecule has 0 aromatic heterocycles. The Bertz CT molecular complexity index is 176. The van der Waals surface area contributed by atoms with Gasteiger partial charge in [0.15, 0.2) is 0 Å². The van der Waals surface area contributed by atoms with Crippen LogP contribution in [0.1, 0.15) is 13.3 Å². The minimum Gasteiger partial charge on any atom is -0.393 e. The van der Waals surface area contributed by atoms with E-state index in [1.807, 2.05) is 6.92 Å². The summed E-state index contributed by atoms with van der Waals surface area (Å²) >= 11 is 0. The smallest absolute Gasteiger partial charge is 0.0829 e. The number of hydrogen-bond donors (Lipinski definition) is 1. The fraction of sp³-hybridized carbons (Fsp3) is 1.00. The summed E-state index contributed by atoms with van der Waals surface area (Å²) in [6.07, 6.45) is 0.948. The lowest BCUT2D eigenvalue weighted by Gasteiger charge is -2.32. The van der Waals surface area contributed by atoms with Crippen molar-refractivity contribution < 1.29 is 9.84 Å². The van der Waals surface area contributed by atoms with E-state index in [0.29, 0.717) is 6.10 Å². The lowest BCUT2D eigenvalue weighted by atomic mass is 10.2. The third-order valence-electron chi connectivity index (χ3n) is 2.79. The molecular weight excluding hydrogens is 192 g/mol. The highest BCUT2D eigenvalue weighted by Crippen LogP contribution is 2.05. The van der Waals surface area contributed by atoms with Gasteiger partial charge < -0.3 is 19.6 Å². The van der Waals surface area contributed by atoms with Crippen molar-refractivity contribution in [2.75, 3.05) is 46.9 Å². The molecule has 1 aliphatic rings. The second kappa shape index (κ2) is 6.43. The highest BCUT2D eigenvalue weighted by Gasteiger charge is 2.18. The zero-order chi connectivity index (χ0) is 11.3. The lowest BCUT2D eigenvalue weighted by Crippen LogP contribution is -2.45. The highest BCUT2D eigenvalue weighted by atomic mass is 16.5. The fourth-order valence-electron chi connectivity index (χ4n) is 1.82. The van der Waals surface area contributed by atoms with E-state index >= 15 is 0 Å². The molecule has 1 fully saturated rings. The topological polar surface area (TPSA) is 35.9 Å². The summed E-state index contributed by atoms with van der Waals surface area (Å²) in [5.41, 5.74) is 0. The normalized spacial score (nSPS) is 25.8. The zero-order valence-corrected chi connectivity index (χ0v) is 10.1. The zero-order valence-electron chi connectivity index (χ0n) is 10.1. The number of aliphatic hydroxyl groups excluding tert-OH is 1. The number of morpholine rings is 1. The van der Waals surface area contributed by atoms with Crippen molar-refractivity contribution in [2.24, 2.45) is 0 Å². The summed E-state index contributed by atoms with van der Waals surface area (Å²) in [5, 5.41) is 9.18. The molecule has 4 heteroatoms. The molecule has 0 aliphatic carbocycles. The van der Waals surface area contributed by atoms with Gasteiger partial charge in [-0.3, -0.25) is 0 Å². The Morgan fingerprint density at radius 2 is 2.33 bits per heavy atom. The Hall–Kier alpha value is -0.160. The second-order valence-corrected chi connectivity index (χ2v) is 4.65. The lowest BCUT2D eigenvalue weighted by molar-refractivity contribution is -0.0334. The molecule has 2 unspecified atom stereocenters. The molecular formula is C11H24N2O2. The molecule has 15 heavy (non-hydrogen) atoms. The molecule has 0 saturated carbocycles. The molecule has 0 aromatic carbocycles. The minimum atomic E-state index is -0.206. The Kier molecular flexibility index (Phi) is 5.53. The van der Waals surface area contributed by atoms with E-state index in [1.165, 1.54) is 0 Å². The van der Waals surface area contributed by atoms with Gasteiger partial charge in [0.25, 0.3) is 0 Å². The molecule has 0 amide bonds. The summed E-state index contributed by atoms with van der Waals surface area (Å²) < 4.78 is 5.68. The van der Waals surface area contributed by atoms with Crippen LogP contribution in [-0.2, 0) is 4.74 Å². The van der Waals surface area contributed by atoms with E-state index in [2.05, 4.69) is 23.9 Å². The SMILES string of the molecule is CC(O)CCN(C)CC1CN(C)CCO1. The van der Waals surface area contributed by atoms with Gasteiger partial charge in [0.1, 0.15) is 0 Å². The Labute approximate surface area is 92.8 Å². The van der Waals surface area contributed by atoms with Crippen LogP contribution in [-0.4, -0.2) is 74.0 Å². The van der Waals surface area contributed by atoms with E-state index in [0.717, 1.165) is 39.2 Å². The van der Waals surface area contributed by atoms with Crippen molar-refractivity contribution in [1.29, 1.82) is 0 Å². The van der Waals surface area contributed by atoms with Gasteiger partial charge in [0.05, 0.1) is 18.8 Å². The second-order valence-electron chi connectivity index (χ2n) is 4.65. The minimum absolute atomic E-state index is 0.206. The van der Waals surface area contributed by atoms with E-state index < -0.39 is 0 Å². The Morgan fingerprint density at radius 3 is 2.93 bits per heavy atom. The van der Waals surface area contributed by atoms with Crippen LogP contribution in [0.2, 0.25) is 0 Å². The Balaban J connectivity index is 2.16. The maximum Gasteiger partial charge on any atom is 0.0829 e. The summed E-state index contributed by atoms with van der Waals surface area (Å²) in [6, 6.07) is 0. The van der Waals surface area contributed by atoms with Gasteiger partial charge in [-0.1, -0.05) is 0 Å². The molecule has 4 nitrogen and oxygen atoms in total. The molecule has 1 rings (SSSR count). The Morgan fingerprint density at radius 1 is 1.60 bits per heavy atom. The number of rotatable bonds is 5. The number of likely N-dealkylation sites (N-methyl/N-ethyl adjacent to an activating group) is 2. The third kappa shape index (κ3) is 5.47. The van der Waals surface area contributed by atoms with Crippen molar-refractivity contribution in [3.8, 4) is 0 Å². The van der Waals surface area contributed by atoms with Gasteiger partial charge in [-0.15, -0.1) is 0 Å². The number of aliphatic hydroxyl groups is 1. The molecule has 1 saturated heterocycles. The predicted molar refractivity (Wildman–Crippen MR) is 61.0 cm³/mol. The van der Waals surface area contributed by atoms with Crippen LogP contribution in [0.15, 0.2) is 0 Å². The van der Waals surface area contributed by atoms with Gasteiger partial charge in [-0.05, 0) is 27.4 Å². The molecule has 90 valence electrons. The molecule has 2 atom stereocenters. The van der Waals surface area contributed by atoms with Crippen LogP contribution in [0.4, 0.5) is 0 Å². The molecule has 0 radical (unpaired) electrons. The predicted octanol–water partition coefficient (Wildman–Crippen LogP) is 0.0197. The van der Waals surface area contributed by atoms with Crippen LogP contribution >= 0.6 is 0 Å². The van der Waals surface area contributed by atoms with Crippen molar-refractivity contribution in [1.82, 2.24) is 9.80 Å². The summed E-state index contributed by atoms with van der Waals surface area (Å²) in [4.78, 5) is 4.53. The van der Waals surface area contributed by atoms with E-state index in [9.17, 15) is 5.11 Å². The fourth-order valence-corrected chi connectivity index (χ4v) is 1.82. The first-order valence-electron chi connectivity index (χ1n) is 5.74. The first-order chi connectivity index (χ1) is 7.08. The summed E-state index contributed by atoms with van der Waals surface area (Å²) in [7, 11) is 4.21. The monoisotopic (exact) mass is 216 g/mol. The molecule has 1 heterocycles. The maximum absolute atomic E-state index is 9.18. The largest absolute Gasteiger partial charge is 0.393 e. The van der Waals surface area contributed by atoms with E-state index in [4.69, 9.17) is 4.74 Å². The summed E-state index contributed by atoms with van der Waals surface area (Å²) in [6.45, 7) is 6.61. The summed E-state index contributed by atoms with van der Waals surface area (Å²) in [5.74, 6) is 0. The maximum atomic E-state index is 9.18. The van der Waals surface area contributed by atoms with Crippen molar-refractivity contribution in [3.63, 3.8) is 0 Å². The average molecular weight is 216 g/mol. The van der Waals surface area contributed by atoms with Crippen LogP contribution in [0.25, 0.3) is 0 Å². The number of hydrogen-bond acceptors (Lipinski definition) is 4. The quantitative estimate of drug-likeness (QED) is 0.703. The molecule has 0 bridgehead atoms. The number of ether oxygens (including phenoxy) is 1. The molecule has 0 aromatic rings. The van der Waals surface area contributed by atoms with Crippen molar-refractivity contribution >= 4 is 0 Å². The van der Waals surface area contributed by atoms with Gasteiger partial charge in [-0.2, -0.15) is 0 Å².